The number of carbonyl (C=O) groups is 5. The molecule has 1 aromatic carbocycles. The lowest BCUT2D eigenvalue weighted by Crippen LogP contribution is -2.58. The largest absolute Gasteiger partial charge is 0.508 e. The summed E-state index contributed by atoms with van der Waals surface area (Å²) in [4.78, 5) is 59.5. The number of nitrogens with two attached hydrogens (primary N) is 1. The van der Waals surface area contributed by atoms with Crippen molar-refractivity contribution in [2.45, 2.75) is 37.0 Å². The van der Waals surface area contributed by atoms with E-state index in [0.717, 1.165) is 0 Å². The van der Waals surface area contributed by atoms with E-state index in [9.17, 15) is 34.2 Å². The maximum Gasteiger partial charge on any atom is 0.326 e. The van der Waals surface area contributed by atoms with Gasteiger partial charge in [0.1, 0.15) is 29.9 Å². The highest BCUT2D eigenvalue weighted by Crippen LogP contribution is 2.11. The highest BCUT2D eigenvalue weighted by molar-refractivity contribution is 7.80. The predicted octanol–water partition coefficient (Wildman–Crippen LogP) is -2.80. The van der Waals surface area contributed by atoms with E-state index in [1.165, 1.54) is 24.3 Å². The minimum Gasteiger partial charge on any atom is -0.508 e. The normalized spacial score (nSPS) is 14.3. The Morgan fingerprint density at radius 1 is 0.879 bits per heavy atom. The fourth-order valence-electron chi connectivity index (χ4n) is 2.55. The Morgan fingerprint density at radius 2 is 1.39 bits per heavy atom. The molecule has 33 heavy (non-hydrogen) atoms. The van der Waals surface area contributed by atoms with Gasteiger partial charge in [-0.15, -0.1) is 0 Å². The Labute approximate surface area is 193 Å². The van der Waals surface area contributed by atoms with Crippen LogP contribution in [0, 0.1) is 0 Å². The number of benzene rings is 1. The number of thiol groups is 1. The van der Waals surface area contributed by atoms with E-state index in [-0.39, 0.29) is 17.9 Å². The number of aliphatic hydroxyl groups excluding tert-OH is 1. The highest BCUT2D eigenvalue weighted by Gasteiger charge is 2.31. The third kappa shape index (κ3) is 9.34. The molecule has 0 heterocycles. The molecule has 0 radical (unpaired) electrons. The SMILES string of the molecule is NC(CO)C(=O)NC(CC(=O)O)C(=O)NC(CS)C(=O)NC(Cc1ccc(O)cc1)C(=O)O. The number of hydrogen-bond donors (Lipinski definition) is 9. The van der Waals surface area contributed by atoms with Crippen LogP contribution < -0.4 is 21.7 Å². The molecule has 4 atom stereocenters. The molecule has 0 spiro atoms. The Bertz CT molecular complexity index is 865. The third-order valence-corrected chi connectivity index (χ3v) is 4.72. The van der Waals surface area contributed by atoms with E-state index < -0.39 is 66.9 Å². The molecule has 0 fully saturated rings. The number of phenols is 1. The molecule has 0 aliphatic heterocycles. The van der Waals surface area contributed by atoms with Crippen LogP contribution in [0.5, 0.6) is 5.75 Å². The molecule has 0 aliphatic rings. The molecule has 0 saturated carbocycles. The molecule has 182 valence electrons. The van der Waals surface area contributed by atoms with Gasteiger partial charge in [0.15, 0.2) is 0 Å². The van der Waals surface area contributed by atoms with Crippen LogP contribution in [0.1, 0.15) is 12.0 Å². The van der Waals surface area contributed by atoms with E-state index in [1.54, 1.807) is 0 Å². The van der Waals surface area contributed by atoms with Gasteiger partial charge in [0.25, 0.3) is 0 Å². The minimum absolute atomic E-state index is 0.0181. The maximum atomic E-state index is 12.6. The van der Waals surface area contributed by atoms with Crippen molar-refractivity contribution in [1.29, 1.82) is 0 Å². The number of amides is 3. The summed E-state index contributed by atoms with van der Waals surface area (Å²) in [7, 11) is 0. The van der Waals surface area contributed by atoms with Crippen LogP contribution in [0.2, 0.25) is 0 Å². The first kappa shape index (κ1) is 27.7. The van der Waals surface area contributed by atoms with Gasteiger partial charge < -0.3 is 42.1 Å². The summed E-state index contributed by atoms with van der Waals surface area (Å²) in [5, 5.41) is 43.2. The van der Waals surface area contributed by atoms with Crippen molar-refractivity contribution in [3.63, 3.8) is 0 Å². The maximum absolute atomic E-state index is 12.6. The number of aliphatic hydroxyl groups is 1. The van der Waals surface area contributed by atoms with Crippen LogP contribution >= 0.6 is 12.6 Å². The molecule has 14 heteroatoms. The van der Waals surface area contributed by atoms with Crippen LogP contribution in [0.25, 0.3) is 0 Å². The van der Waals surface area contributed by atoms with Gasteiger partial charge in [-0.1, -0.05) is 12.1 Å². The van der Waals surface area contributed by atoms with E-state index >= 15 is 0 Å². The van der Waals surface area contributed by atoms with Gasteiger partial charge in [-0.25, -0.2) is 4.79 Å². The number of hydrogen-bond acceptors (Lipinski definition) is 9. The zero-order chi connectivity index (χ0) is 25.1. The van der Waals surface area contributed by atoms with E-state index in [4.69, 9.17) is 15.9 Å². The zero-order valence-electron chi connectivity index (χ0n) is 17.3. The number of carbonyl (C=O) groups excluding carboxylic acids is 3. The second kappa shape index (κ2) is 13.2. The van der Waals surface area contributed by atoms with Crippen LogP contribution in [0.15, 0.2) is 24.3 Å². The first-order valence-corrected chi connectivity index (χ1v) is 10.2. The average molecular weight is 487 g/mol. The van der Waals surface area contributed by atoms with Gasteiger partial charge in [-0.3, -0.25) is 19.2 Å². The molecule has 3 amide bonds. The highest BCUT2D eigenvalue weighted by atomic mass is 32.1. The second-order valence-electron chi connectivity index (χ2n) is 6.96. The Balaban J connectivity index is 2.88. The first-order chi connectivity index (χ1) is 15.5. The first-order valence-electron chi connectivity index (χ1n) is 9.59. The van der Waals surface area contributed by atoms with E-state index in [1.807, 2.05) is 0 Å². The molecule has 0 bridgehead atoms. The topological polar surface area (TPSA) is 228 Å². The summed E-state index contributed by atoms with van der Waals surface area (Å²) < 4.78 is 0. The van der Waals surface area contributed by atoms with Crippen molar-refractivity contribution in [1.82, 2.24) is 16.0 Å². The third-order valence-electron chi connectivity index (χ3n) is 4.35. The minimum atomic E-state index is -1.62. The molecule has 13 nitrogen and oxygen atoms in total. The van der Waals surface area contributed by atoms with Crippen molar-refractivity contribution < 1.29 is 44.4 Å². The van der Waals surface area contributed by atoms with Gasteiger partial charge in [-0.2, -0.15) is 12.6 Å². The van der Waals surface area contributed by atoms with E-state index in [0.29, 0.717) is 5.56 Å². The number of rotatable bonds is 13. The van der Waals surface area contributed by atoms with E-state index in [2.05, 4.69) is 28.6 Å². The molecule has 0 aromatic heterocycles. The summed E-state index contributed by atoms with van der Waals surface area (Å²) in [5.41, 5.74) is 5.85. The molecule has 1 rings (SSSR count). The summed E-state index contributed by atoms with van der Waals surface area (Å²) in [6.45, 7) is -0.744. The fraction of sp³-hybridized carbons (Fsp3) is 0.421. The lowest BCUT2D eigenvalue weighted by Gasteiger charge is -2.23. The lowest BCUT2D eigenvalue weighted by molar-refractivity contribution is -0.143. The summed E-state index contributed by atoms with van der Waals surface area (Å²) in [5.74, 6) is -6.00. The standard InChI is InChI=1S/C19H26N4O9S/c20-11(7-24)16(28)21-12(6-15(26)27)17(29)23-14(8-33)18(30)22-13(19(31)32)5-9-1-3-10(25)4-2-9/h1-4,11-14,24-25,33H,5-8,20H2,(H,21,28)(H,22,30)(H,23,29)(H,26,27)(H,31,32). The molecular formula is C19H26N4O9S. The van der Waals surface area contributed by atoms with Gasteiger partial charge in [-0.05, 0) is 17.7 Å². The predicted molar refractivity (Wildman–Crippen MR) is 116 cm³/mol. The molecule has 1 aromatic rings. The van der Waals surface area contributed by atoms with Gasteiger partial charge >= 0.3 is 11.9 Å². The zero-order valence-corrected chi connectivity index (χ0v) is 18.2. The number of carboxylic acids is 2. The van der Waals surface area contributed by atoms with Crippen molar-refractivity contribution in [2.24, 2.45) is 5.73 Å². The van der Waals surface area contributed by atoms with Crippen molar-refractivity contribution >= 4 is 42.3 Å². The number of phenolic OH excluding ortho intramolecular Hbond substituents is 1. The number of aliphatic carboxylic acids is 2. The van der Waals surface area contributed by atoms with Gasteiger partial charge in [0.05, 0.1) is 13.0 Å². The second-order valence-corrected chi connectivity index (χ2v) is 7.33. The van der Waals surface area contributed by atoms with Crippen LogP contribution in [-0.4, -0.2) is 86.6 Å². The Hall–Kier alpha value is -3.36. The van der Waals surface area contributed by atoms with Gasteiger partial charge in [0, 0.05) is 12.2 Å². The lowest BCUT2D eigenvalue weighted by atomic mass is 10.1. The molecule has 0 aliphatic carbocycles. The summed E-state index contributed by atoms with van der Waals surface area (Å²) in [6.07, 6.45) is -0.958. The molecule has 9 N–H and O–H groups in total. The summed E-state index contributed by atoms with van der Waals surface area (Å²) >= 11 is 3.96. The van der Waals surface area contributed by atoms with Crippen molar-refractivity contribution in [2.75, 3.05) is 12.4 Å². The van der Waals surface area contributed by atoms with Crippen LogP contribution in [0.4, 0.5) is 0 Å². The quantitative estimate of drug-likeness (QED) is 0.130. The number of carboxylic acid groups (broad SMARTS) is 2. The van der Waals surface area contributed by atoms with Crippen molar-refractivity contribution in [3.8, 4) is 5.75 Å². The van der Waals surface area contributed by atoms with Crippen LogP contribution in [-0.2, 0) is 30.4 Å². The smallest absolute Gasteiger partial charge is 0.326 e. The van der Waals surface area contributed by atoms with Crippen LogP contribution in [0.3, 0.4) is 0 Å². The number of nitrogens with one attached hydrogen (secondary N) is 3. The van der Waals surface area contributed by atoms with Crippen molar-refractivity contribution in [3.05, 3.63) is 29.8 Å². The molecule has 0 saturated heterocycles. The number of aromatic hydroxyl groups is 1. The Morgan fingerprint density at radius 3 is 1.88 bits per heavy atom. The fourth-order valence-corrected chi connectivity index (χ4v) is 2.81. The van der Waals surface area contributed by atoms with Gasteiger partial charge in [0.2, 0.25) is 17.7 Å². The summed E-state index contributed by atoms with van der Waals surface area (Å²) in [6, 6.07) is -0.0828. The molecule has 4 unspecified atom stereocenters. The Kier molecular flexibility index (Phi) is 11.1. The monoisotopic (exact) mass is 486 g/mol. The molecular weight excluding hydrogens is 460 g/mol. The average Bonchev–Trinajstić information content (AvgIpc) is 2.76.